The number of alkyl halides is 3. The Kier molecular flexibility index (Phi) is 4.30. The molecule has 2 aromatic carbocycles. The van der Waals surface area contributed by atoms with E-state index in [1.807, 2.05) is 53.8 Å². The Morgan fingerprint density at radius 2 is 1.48 bits per heavy atom. The molecule has 0 aliphatic heterocycles. The molecule has 0 amide bonds. The first-order valence-electron chi connectivity index (χ1n) is 8.26. The average Bonchev–Trinajstić information content (AvgIpc) is 3.03. The predicted octanol–water partition coefficient (Wildman–Crippen LogP) is 6.76. The first-order chi connectivity index (χ1) is 12.8. The van der Waals surface area contributed by atoms with Crippen molar-refractivity contribution in [3.63, 3.8) is 0 Å². The lowest BCUT2D eigenvalue weighted by Crippen LogP contribution is -2.04. The second-order valence-electron chi connectivity index (χ2n) is 6.29. The van der Waals surface area contributed by atoms with Gasteiger partial charge in [-0.1, -0.05) is 48.0 Å². The minimum Gasteiger partial charge on any atom is -0.286 e. The Labute approximate surface area is 162 Å². The van der Waals surface area contributed by atoms with E-state index in [2.05, 4.69) is 15.9 Å². The Morgan fingerprint density at radius 3 is 2.11 bits per heavy atom. The lowest BCUT2D eigenvalue weighted by Gasteiger charge is -2.07. The van der Waals surface area contributed by atoms with E-state index in [9.17, 15) is 13.2 Å². The van der Waals surface area contributed by atoms with Crippen molar-refractivity contribution >= 4 is 21.4 Å². The van der Waals surface area contributed by atoms with Gasteiger partial charge in [-0.25, -0.2) is 4.98 Å². The van der Waals surface area contributed by atoms with Crippen molar-refractivity contribution in [2.45, 2.75) is 13.1 Å². The monoisotopic (exact) mass is 430 g/mol. The van der Waals surface area contributed by atoms with Gasteiger partial charge in [0.15, 0.2) is 0 Å². The standard InChI is InChI=1S/C21H14BrF3N2/c1-13-5-7-15(8-6-13)20-26-19(17-3-2-4-18(22)27(17)20)14-9-11-16(12-10-14)21(23,24)25/h2-12H,1H3. The van der Waals surface area contributed by atoms with Gasteiger partial charge in [-0.3, -0.25) is 4.40 Å². The molecule has 4 aromatic rings. The number of benzene rings is 2. The van der Waals surface area contributed by atoms with Crippen molar-refractivity contribution in [1.82, 2.24) is 9.38 Å². The van der Waals surface area contributed by atoms with Gasteiger partial charge < -0.3 is 0 Å². The second kappa shape index (κ2) is 6.53. The molecule has 0 fully saturated rings. The Bertz CT molecular complexity index is 1110. The summed E-state index contributed by atoms with van der Waals surface area (Å²) >= 11 is 3.56. The van der Waals surface area contributed by atoms with E-state index in [1.165, 1.54) is 12.1 Å². The van der Waals surface area contributed by atoms with Crippen molar-refractivity contribution in [3.8, 4) is 22.6 Å². The van der Waals surface area contributed by atoms with Crippen molar-refractivity contribution in [2.75, 3.05) is 0 Å². The highest BCUT2D eigenvalue weighted by atomic mass is 79.9. The van der Waals surface area contributed by atoms with Crippen LogP contribution < -0.4 is 0 Å². The third-order valence-electron chi connectivity index (χ3n) is 4.41. The maximum atomic E-state index is 12.9. The number of pyridine rings is 1. The SMILES string of the molecule is Cc1ccc(-c2nc(-c3ccc(C(F)(F)F)cc3)c3cccc(Br)n23)cc1. The molecule has 0 aliphatic rings. The number of aryl methyl sites for hydroxylation is 1. The number of nitrogens with zero attached hydrogens (tertiary/aromatic N) is 2. The third-order valence-corrected chi connectivity index (χ3v) is 5.03. The number of halogens is 4. The zero-order chi connectivity index (χ0) is 19.2. The number of hydrogen-bond acceptors (Lipinski definition) is 1. The fourth-order valence-corrected chi connectivity index (χ4v) is 3.53. The minimum absolute atomic E-state index is 0.636. The van der Waals surface area contributed by atoms with Crippen LogP contribution in [0.4, 0.5) is 13.2 Å². The molecule has 0 aliphatic carbocycles. The van der Waals surface area contributed by atoms with Gasteiger partial charge in [0.2, 0.25) is 0 Å². The van der Waals surface area contributed by atoms with E-state index in [-0.39, 0.29) is 0 Å². The minimum atomic E-state index is -4.36. The molecular weight excluding hydrogens is 417 g/mol. The van der Waals surface area contributed by atoms with E-state index in [1.54, 1.807) is 0 Å². The van der Waals surface area contributed by atoms with E-state index in [0.717, 1.165) is 39.2 Å². The number of rotatable bonds is 2. The highest BCUT2D eigenvalue weighted by molar-refractivity contribution is 9.10. The van der Waals surface area contributed by atoms with Crippen LogP contribution >= 0.6 is 15.9 Å². The first kappa shape index (κ1) is 17.8. The zero-order valence-corrected chi connectivity index (χ0v) is 15.8. The van der Waals surface area contributed by atoms with Crippen molar-refractivity contribution in [1.29, 1.82) is 0 Å². The molecule has 136 valence electrons. The van der Waals surface area contributed by atoms with Crippen molar-refractivity contribution in [2.24, 2.45) is 0 Å². The summed E-state index contributed by atoms with van der Waals surface area (Å²) in [6, 6.07) is 18.8. The molecule has 2 aromatic heterocycles. The molecule has 0 radical (unpaired) electrons. The smallest absolute Gasteiger partial charge is 0.286 e. The van der Waals surface area contributed by atoms with Gasteiger partial charge in [0.05, 0.1) is 21.4 Å². The lowest BCUT2D eigenvalue weighted by atomic mass is 10.1. The van der Waals surface area contributed by atoms with E-state index in [4.69, 9.17) is 4.98 Å². The largest absolute Gasteiger partial charge is 0.416 e. The number of imidazole rings is 1. The van der Waals surface area contributed by atoms with Gasteiger partial charge in [-0.05, 0) is 47.1 Å². The number of fused-ring (bicyclic) bond motifs is 1. The Morgan fingerprint density at radius 1 is 0.852 bits per heavy atom. The summed E-state index contributed by atoms with van der Waals surface area (Å²) in [6.07, 6.45) is -4.36. The molecule has 2 nitrogen and oxygen atoms in total. The predicted molar refractivity (Wildman–Crippen MR) is 104 cm³/mol. The van der Waals surface area contributed by atoms with Crippen molar-refractivity contribution in [3.05, 3.63) is 82.5 Å². The lowest BCUT2D eigenvalue weighted by molar-refractivity contribution is -0.137. The van der Waals surface area contributed by atoms with Crippen LogP contribution in [-0.2, 0) is 6.18 Å². The molecule has 2 heterocycles. The molecule has 0 spiro atoms. The third kappa shape index (κ3) is 3.25. The zero-order valence-electron chi connectivity index (χ0n) is 14.3. The topological polar surface area (TPSA) is 17.3 Å². The average molecular weight is 431 g/mol. The van der Waals surface area contributed by atoms with Gasteiger partial charge in [-0.2, -0.15) is 13.2 Å². The molecule has 0 saturated carbocycles. The van der Waals surface area contributed by atoms with Gasteiger partial charge in [0.1, 0.15) is 5.82 Å². The highest BCUT2D eigenvalue weighted by Crippen LogP contribution is 2.34. The summed E-state index contributed by atoms with van der Waals surface area (Å²) in [4.78, 5) is 4.76. The number of aromatic nitrogens is 2. The number of hydrogen-bond donors (Lipinski definition) is 0. The fourth-order valence-electron chi connectivity index (χ4n) is 3.02. The molecule has 0 saturated heterocycles. The van der Waals surface area contributed by atoms with E-state index < -0.39 is 11.7 Å². The first-order valence-corrected chi connectivity index (χ1v) is 9.05. The normalized spacial score (nSPS) is 11.9. The van der Waals surface area contributed by atoms with Gasteiger partial charge >= 0.3 is 6.18 Å². The van der Waals surface area contributed by atoms with Crippen LogP contribution in [0.2, 0.25) is 0 Å². The molecule has 0 unspecified atom stereocenters. The molecule has 27 heavy (non-hydrogen) atoms. The van der Waals surface area contributed by atoms with Crippen molar-refractivity contribution < 1.29 is 13.2 Å². The fraction of sp³-hybridized carbons (Fsp3) is 0.0952. The summed E-state index contributed by atoms with van der Waals surface area (Å²) in [5.74, 6) is 0.729. The molecular formula is C21H14BrF3N2. The quantitative estimate of drug-likeness (QED) is 0.321. The van der Waals surface area contributed by atoms with E-state index >= 15 is 0 Å². The Balaban J connectivity index is 1.92. The summed E-state index contributed by atoms with van der Waals surface area (Å²) in [7, 11) is 0. The summed E-state index contributed by atoms with van der Waals surface area (Å²) in [5.41, 5.74) is 3.49. The summed E-state index contributed by atoms with van der Waals surface area (Å²) in [5, 5.41) is 0. The van der Waals surface area contributed by atoms with Crippen LogP contribution in [0, 0.1) is 6.92 Å². The van der Waals surface area contributed by atoms with Crippen LogP contribution in [0.15, 0.2) is 71.3 Å². The summed E-state index contributed by atoms with van der Waals surface area (Å²) in [6.45, 7) is 2.01. The van der Waals surface area contributed by atoms with Crippen LogP contribution in [-0.4, -0.2) is 9.38 Å². The Hall–Kier alpha value is -2.60. The van der Waals surface area contributed by atoms with Gasteiger partial charge in [-0.15, -0.1) is 0 Å². The van der Waals surface area contributed by atoms with Crippen LogP contribution in [0.25, 0.3) is 28.2 Å². The van der Waals surface area contributed by atoms with Crippen LogP contribution in [0.3, 0.4) is 0 Å². The molecule has 4 rings (SSSR count). The maximum Gasteiger partial charge on any atom is 0.416 e. The highest BCUT2D eigenvalue weighted by Gasteiger charge is 2.30. The van der Waals surface area contributed by atoms with Crippen LogP contribution in [0.1, 0.15) is 11.1 Å². The molecule has 6 heteroatoms. The van der Waals surface area contributed by atoms with E-state index in [0.29, 0.717) is 11.3 Å². The van der Waals surface area contributed by atoms with Gasteiger partial charge in [0, 0.05) is 11.1 Å². The van der Waals surface area contributed by atoms with Gasteiger partial charge in [0.25, 0.3) is 0 Å². The van der Waals surface area contributed by atoms with Crippen LogP contribution in [0.5, 0.6) is 0 Å². The summed E-state index contributed by atoms with van der Waals surface area (Å²) < 4.78 is 41.4. The maximum absolute atomic E-state index is 12.9. The second-order valence-corrected chi connectivity index (χ2v) is 7.11. The molecule has 0 atom stereocenters. The molecule has 0 bridgehead atoms. The molecule has 0 N–H and O–H groups in total.